The van der Waals surface area contributed by atoms with Crippen LogP contribution in [0, 0.1) is 5.82 Å². The first kappa shape index (κ1) is 17.5. The van der Waals surface area contributed by atoms with E-state index in [4.69, 9.17) is 14.6 Å². The molecule has 0 aliphatic carbocycles. The molecule has 2 aromatic rings. The minimum absolute atomic E-state index is 0.109. The Kier molecular flexibility index (Phi) is 4.81. The molecule has 2 aliphatic rings. The number of hydrogen-bond donors (Lipinski definition) is 1. The number of anilines is 2. The number of carbonyl (C=O) groups excluding carboxylic acids is 1. The van der Waals surface area contributed by atoms with Crippen LogP contribution in [0.15, 0.2) is 42.6 Å². The average molecular weight is 373 g/mol. The number of rotatable bonds is 5. The summed E-state index contributed by atoms with van der Waals surface area (Å²) in [5.41, 5.74) is 0.623. The number of benzene rings is 1. The third kappa shape index (κ3) is 3.66. The zero-order valence-electron chi connectivity index (χ0n) is 14.6. The predicted octanol–water partition coefficient (Wildman–Crippen LogP) is 2.20. The van der Waals surface area contributed by atoms with Gasteiger partial charge in [-0.15, -0.1) is 0 Å². The van der Waals surface area contributed by atoms with Gasteiger partial charge in [-0.2, -0.15) is 0 Å². The molecule has 1 amide bonds. The summed E-state index contributed by atoms with van der Waals surface area (Å²) in [7, 11) is 0. The van der Waals surface area contributed by atoms with Gasteiger partial charge in [0.15, 0.2) is 11.6 Å². The maximum atomic E-state index is 13.7. The smallest absolute Gasteiger partial charge is 0.414 e. The van der Waals surface area contributed by atoms with Crippen LogP contribution in [0.2, 0.25) is 0 Å². The minimum Gasteiger partial charge on any atom is -0.485 e. The second kappa shape index (κ2) is 7.40. The predicted molar refractivity (Wildman–Crippen MR) is 96.6 cm³/mol. The molecule has 1 aromatic heterocycles. The quantitative estimate of drug-likeness (QED) is 0.866. The van der Waals surface area contributed by atoms with E-state index in [0.717, 1.165) is 18.8 Å². The van der Waals surface area contributed by atoms with Crippen LogP contribution >= 0.6 is 0 Å². The largest absolute Gasteiger partial charge is 0.485 e. The number of hydrogen-bond acceptors (Lipinski definition) is 6. The molecule has 1 aromatic carbocycles. The van der Waals surface area contributed by atoms with E-state index >= 15 is 0 Å². The van der Waals surface area contributed by atoms with Gasteiger partial charge < -0.3 is 19.5 Å². The maximum absolute atomic E-state index is 13.7. The van der Waals surface area contributed by atoms with Crippen LogP contribution in [0.1, 0.15) is 6.42 Å². The summed E-state index contributed by atoms with van der Waals surface area (Å²) in [6.45, 7) is 1.46. The summed E-state index contributed by atoms with van der Waals surface area (Å²) in [6.07, 6.45) is 1.29. The highest BCUT2D eigenvalue weighted by Gasteiger charge is 2.32. The van der Waals surface area contributed by atoms with Crippen molar-refractivity contribution in [1.29, 1.82) is 0 Å². The van der Waals surface area contributed by atoms with Crippen molar-refractivity contribution < 1.29 is 23.8 Å². The molecule has 142 valence electrons. The van der Waals surface area contributed by atoms with Gasteiger partial charge in [0.1, 0.15) is 18.0 Å². The normalized spacial score (nSPS) is 22.2. The van der Waals surface area contributed by atoms with Crippen LogP contribution in [0.4, 0.5) is 20.7 Å². The summed E-state index contributed by atoms with van der Waals surface area (Å²) >= 11 is 0. The Morgan fingerprint density at radius 1 is 1.26 bits per heavy atom. The van der Waals surface area contributed by atoms with Crippen LogP contribution in [-0.2, 0) is 4.74 Å². The van der Waals surface area contributed by atoms with E-state index in [-0.39, 0.29) is 24.3 Å². The Morgan fingerprint density at radius 2 is 2.11 bits per heavy atom. The molecule has 0 saturated carbocycles. The van der Waals surface area contributed by atoms with Crippen molar-refractivity contribution in [3.63, 3.8) is 0 Å². The van der Waals surface area contributed by atoms with Gasteiger partial charge in [0.05, 0.1) is 31.6 Å². The highest BCUT2D eigenvalue weighted by molar-refractivity contribution is 5.89. The van der Waals surface area contributed by atoms with E-state index in [1.165, 1.54) is 11.0 Å². The number of cyclic esters (lactones) is 1. The van der Waals surface area contributed by atoms with E-state index in [0.29, 0.717) is 18.8 Å². The molecule has 2 saturated heterocycles. The van der Waals surface area contributed by atoms with Crippen molar-refractivity contribution in [3.8, 4) is 5.75 Å². The highest BCUT2D eigenvalue weighted by Crippen LogP contribution is 2.26. The summed E-state index contributed by atoms with van der Waals surface area (Å²) in [4.78, 5) is 19.8. The van der Waals surface area contributed by atoms with E-state index < -0.39 is 12.2 Å². The number of aliphatic hydroxyl groups is 1. The molecule has 2 fully saturated rings. The Balaban J connectivity index is 1.39. The standard InChI is InChI=1S/C19H20FN3O4/c20-16-3-1-2-4-17(16)26-14-7-8-22(10-14)18-6-5-13(9-21-18)23-11-15(12-24)27-19(23)25/h1-6,9,14-15,24H,7-8,10-12H2/t14-,15+/m0/s1. The zero-order chi connectivity index (χ0) is 18.8. The molecule has 1 N–H and O–H groups in total. The molecule has 7 nitrogen and oxygen atoms in total. The van der Waals surface area contributed by atoms with Crippen molar-refractivity contribution in [2.24, 2.45) is 0 Å². The van der Waals surface area contributed by atoms with Gasteiger partial charge in [-0.3, -0.25) is 4.90 Å². The topological polar surface area (TPSA) is 75.1 Å². The number of aliphatic hydroxyl groups excluding tert-OH is 1. The molecule has 0 unspecified atom stereocenters. The lowest BCUT2D eigenvalue weighted by Gasteiger charge is -2.19. The van der Waals surface area contributed by atoms with Gasteiger partial charge in [-0.1, -0.05) is 12.1 Å². The Bertz CT molecular complexity index is 817. The van der Waals surface area contributed by atoms with E-state index in [2.05, 4.69) is 9.88 Å². The number of aromatic nitrogens is 1. The fourth-order valence-electron chi connectivity index (χ4n) is 3.30. The van der Waals surface area contributed by atoms with Crippen molar-refractivity contribution >= 4 is 17.6 Å². The van der Waals surface area contributed by atoms with Gasteiger partial charge in [0.2, 0.25) is 0 Å². The molecule has 0 spiro atoms. The molecule has 2 atom stereocenters. The van der Waals surface area contributed by atoms with Gasteiger partial charge in [-0.05, 0) is 24.3 Å². The van der Waals surface area contributed by atoms with E-state index in [1.54, 1.807) is 30.5 Å². The molecule has 0 radical (unpaired) electrons. The lowest BCUT2D eigenvalue weighted by atomic mass is 10.3. The van der Waals surface area contributed by atoms with Crippen LogP contribution < -0.4 is 14.5 Å². The van der Waals surface area contributed by atoms with Crippen LogP contribution in [-0.4, -0.2) is 54.6 Å². The fourth-order valence-corrected chi connectivity index (χ4v) is 3.30. The zero-order valence-corrected chi connectivity index (χ0v) is 14.6. The number of halogens is 1. The van der Waals surface area contributed by atoms with Gasteiger partial charge in [0, 0.05) is 13.0 Å². The monoisotopic (exact) mass is 373 g/mol. The second-order valence-corrected chi connectivity index (χ2v) is 6.58. The van der Waals surface area contributed by atoms with Crippen molar-refractivity contribution in [2.45, 2.75) is 18.6 Å². The summed E-state index contributed by atoms with van der Waals surface area (Å²) in [5, 5.41) is 9.12. The van der Waals surface area contributed by atoms with Crippen LogP contribution in [0.5, 0.6) is 5.75 Å². The molecule has 8 heteroatoms. The van der Waals surface area contributed by atoms with Gasteiger partial charge >= 0.3 is 6.09 Å². The Morgan fingerprint density at radius 3 is 2.81 bits per heavy atom. The second-order valence-electron chi connectivity index (χ2n) is 6.58. The number of nitrogens with zero attached hydrogens (tertiary/aromatic N) is 3. The lowest BCUT2D eigenvalue weighted by Crippen LogP contribution is -2.27. The molecule has 0 bridgehead atoms. The Labute approximate surface area is 155 Å². The van der Waals surface area contributed by atoms with Crippen molar-refractivity contribution in [3.05, 3.63) is 48.4 Å². The van der Waals surface area contributed by atoms with Gasteiger partial charge in [0.25, 0.3) is 0 Å². The van der Waals surface area contributed by atoms with Crippen molar-refractivity contribution in [1.82, 2.24) is 4.98 Å². The average Bonchev–Trinajstić information content (AvgIpc) is 3.30. The number of ether oxygens (including phenoxy) is 2. The SMILES string of the molecule is O=C1O[C@@H](CO)CN1c1ccc(N2CC[C@H](Oc3ccccc3F)C2)nc1. The number of para-hydroxylation sites is 1. The lowest BCUT2D eigenvalue weighted by molar-refractivity contribution is 0.0963. The molecular formula is C19H20FN3O4. The molecule has 27 heavy (non-hydrogen) atoms. The first-order chi connectivity index (χ1) is 13.1. The molecular weight excluding hydrogens is 353 g/mol. The number of amides is 1. The summed E-state index contributed by atoms with van der Waals surface area (Å²) in [6, 6.07) is 10.0. The molecule has 4 rings (SSSR count). The number of pyridine rings is 1. The van der Waals surface area contributed by atoms with E-state index in [9.17, 15) is 9.18 Å². The third-order valence-electron chi connectivity index (χ3n) is 4.72. The molecule has 2 aliphatic heterocycles. The first-order valence-corrected chi connectivity index (χ1v) is 8.85. The Hall–Kier alpha value is -2.87. The molecule has 3 heterocycles. The summed E-state index contributed by atoms with van der Waals surface area (Å²) in [5.74, 6) is 0.667. The van der Waals surface area contributed by atoms with Crippen molar-refractivity contribution in [2.75, 3.05) is 36.0 Å². The maximum Gasteiger partial charge on any atom is 0.414 e. The number of carbonyl (C=O) groups is 1. The third-order valence-corrected chi connectivity index (χ3v) is 4.72. The fraction of sp³-hybridized carbons (Fsp3) is 0.368. The highest BCUT2D eigenvalue weighted by atomic mass is 19.1. The van der Waals surface area contributed by atoms with Gasteiger partial charge in [-0.25, -0.2) is 14.2 Å². The first-order valence-electron chi connectivity index (χ1n) is 8.85. The van der Waals surface area contributed by atoms with Crippen LogP contribution in [0.25, 0.3) is 0 Å². The van der Waals surface area contributed by atoms with E-state index in [1.807, 2.05) is 6.07 Å². The van der Waals surface area contributed by atoms with Crippen LogP contribution in [0.3, 0.4) is 0 Å². The minimum atomic E-state index is -0.507. The summed E-state index contributed by atoms with van der Waals surface area (Å²) < 4.78 is 24.5.